The summed E-state index contributed by atoms with van der Waals surface area (Å²) in [5.41, 5.74) is 1.02. The summed E-state index contributed by atoms with van der Waals surface area (Å²) in [6, 6.07) is 21.2. The van der Waals surface area contributed by atoms with Crippen molar-refractivity contribution >= 4 is 29.3 Å². The number of amides is 1. The molecule has 0 aromatic heterocycles. The second-order valence-electron chi connectivity index (χ2n) is 6.90. The second-order valence-corrected chi connectivity index (χ2v) is 7.30. The summed E-state index contributed by atoms with van der Waals surface area (Å²) in [4.78, 5) is 12.5. The van der Waals surface area contributed by atoms with Gasteiger partial charge in [0.15, 0.2) is 11.5 Å². The van der Waals surface area contributed by atoms with E-state index in [0.717, 1.165) is 5.75 Å². The topological polar surface area (TPSA) is 89.8 Å². The van der Waals surface area contributed by atoms with Crippen LogP contribution in [-0.2, 0) is 4.79 Å². The number of nitriles is 1. The monoisotopic (exact) mass is 478 g/mol. The molecule has 174 valence electrons. The molecule has 0 heterocycles. The highest BCUT2D eigenvalue weighted by atomic mass is 35.5. The van der Waals surface area contributed by atoms with E-state index in [-0.39, 0.29) is 23.8 Å². The van der Waals surface area contributed by atoms with Crippen LogP contribution in [0.25, 0.3) is 6.08 Å². The van der Waals surface area contributed by atoms with Gasteiger partial charge in [0.1, 0.15) is 36.4 Å². The molecule has 1 amide bonds. The Hall–Kier alpha value is -4.15. The Bertz CT molecular complexity index is 1190. The average Bonchev–Trinajstić information content (AvgIpc) is 2.86. The van der Waals surface area contributed by atoms with Crippen LogP contribution in [0.2, 0.25) is 5.02 Å². The van der Waals surface area contributed by atoms with Gasteiger partial charge in [-0.1, -0.05) is 29.8 Å². The Balaban J connectivity index is 1.66. The Morgan fingerprint density at radius 2 is 1.65 bits per heavy atom. The van der Waals surface area contributed by atoms with Gasteiger partial charge in [0.25, 0.3) is 5.91 Å². The molecule has 0 aliphatic heterocycles. The molecule has 0 aliphatic carbocycles. The first-order valence-electron chi connectivity index (χ1n) is 10.3. The van der Waals surface area contributed by atoms with E-state index < -0.39 is 5.91 Å². The van der Waals surface area contributed by atoms with E-state index in [0.29, 0.717) is 28.5 Å². The number of rotatable bonds is 10. The molecule has 0 radical (unpaired) electrons. The zero-order chi connectivity index (χ0) is 24.3. The van der Waals surface area contributed by atoms with Crippen LogP contribution in [0.3, 0.4) is 0 Å². The van der Waals surface area contributed by atoms with E-state index in [1.807, 2.05) is 12.1 Å². The summed E-state index contributed by atoms with van der Waals surface area (Å²) in [6.45, 7) is 0.506. The van der Waals surface area contributed by atoms with E-state index in [1.165, 1.54) is 13.2 Å². The van der Waals surface area contributed by atoms with Crippen LogP contribution in [0.1, 0.15) is 5.56 Å². The third kappa shape index (κ3) is 6.67. The van der Waals surface area contributed by atoms with E-state index in [1.54, 1.807) is 67.8 Å². The van der Waals surface area contributed by atoms with Crippen LogP contribution in [0.5, 0.6) is 23.0 Å². The van der Waals surface area contributed by atoms with Gasteiger partial charge < -0.3 is 24.3 Å². The lowest BCUT2D eigenvalue weighted by atomic mass is 10.1. The van der Waals surface area contributed by atoms with Crippen molar-refractivity contribution in [3.63, 3.8) is 0 Å². The molecule has 0 aliphatic rings. The number of para-hydroxylation sites is 1. The fourth-order valence-corrected chi connectivity index (χ4v) is 3.25. The molecular weight excluding hydrogens is 456 g/mol. The largest absolute Gasteiger partial charge is 0.497 e. The fourth-order valence-electron chi connectivity index (χ4n) is 2.97. The number of nitrogens with one attached hydrogen (secondary N) is 1. The van der Waals surface area contributed by atoms with E-state index in [9.17, 15) is 10.1 Å². The van der Waals surface area contributed by atoms with Crippen molar-refractivity contribution in [1.82, 2.24) is 0 Å². The first kappa shape index (κ1) is 24.5. The summed E-state index contributed by atoms with van der Waals surface area (Å²) in [7, 11) is 3.08. The highest BCUT2D eigenvalue weighted by Crippen LogP contribution is 2.37. The number of ether oxygens (including phenoxy) is 4. The fraction of sp³-hybridized carbons (Fsp3) is 0.154. The van der Waals surface area contributed by atoms with Gasteiger partial charge in [0.05, 0.1) is 19.2 Å². The van der Waals surface area contributed by atoms with Crippen LogP contribution >= 0.6 is 11.6 Å². The normalized spacial score (nSPS) is 10.7. The minimum absolute atomic E-state index is 0.0801. The summed E-state index contributed by atoms with van der Waals surface area (Å²) >= 11 is 6.41. The van der Waals surface area contributed by atoms with Crippen LogP contribution in [0.15, 0.2) is 72.3 Å². The zero-order valence-corrected chi connectivity index (χ0v) is 19.5. The summed E-state index contributed by atoms with van der Waals surface area (Å²) in [5, 5.41) is 12.4. The first-order chi connectivity index (χ1) is 16.5. The van der Waals surface area contributed by atoms with Gasteiger partial charge in [-0.05, 0) is 60.2 Å². The number of hydrogen-bond acceptors (Lipinski definition) is 6. The molecule has 3 rings (SSSR count). The lowest BCUT2D eigenvalue weighted by molar-refractivity contribution is -0.112. The standard InChI is InChI=1S/C26H23ClN2O5/c1-31-21-8-10-22(11-9-21)33-12-13-34-25-23(27)15-18(16-24(25)32-2)14-19(17-28)26(30)29-20-6-4-3-5-7-20/h3-11,14-16H,12-13H2,1-2H3,(H,29,30)/b19-14+. The van der Waals surface area contributed by atoms with Crippen molar-refractivity contribution in [2.24, 2.45) is 0 Å². The predicted molar refractivity (Wildman–Crippen MR) is 131 cm³/mol. The molecular formula is C26H23ClN2O5. The van der Waals surface area contributed by atoms with Crippen LogP contribution < -0.4 is 24.3 Å². The third-order valence-electron chi connectivity index (χ3n) is 4.62. The molecule has 3 aromatic rings. The number of hydrogen-bond donors (Lipinski definition) is 1. The predicted octanol–water partition coefficient (Wildman–Crippen LogP) is 5.36. The molecule has 7 nitrogen and oxygen atoms in total. The van der Waals surface area contributed by atoms with E-state index in [2.05, 4.69) is 5.32 Å². The zero-order valence-electron chi connectivity index (χ0n) is 18.7. The number of methoxy groups -OCH3 is 2. The minimum atomic E-state index is -0.528. The number of carbonyl (C=O) groups excluding carboxylic acids is 1. The maximum absolute atomic E-state index is 12.5. The molecule has 34 heavy (non-hydrogen) atoms. The molecule has 0 saturated carbocycles. The van der Waals surface area contributed by atoms with Gasteiger partial charge >= 0.3 is 0 Å². The van der Waals surface area contributed by atoms with Crippen molar-refractivity contribution in [3.8, 4) is 29.1 Å². The van der Waals surface area contributed by atoms with Crippen LogP contribution in [0, 0.1) is 11.3 Å². The number of benzene rings is 3. The maximum atomic E-state index is 12.5. The average molecular weight is 479 g/mol. The molecule has 0 spiro atoms. The Morgan fingerprint density at radius 3 is 2.29 bits per heavy atom. The number of carbonyl (C=O) groups is 1. The molecule has 0 atom stereocenters. The van der Waals surface area contributed by atoms with Crippen molar-refractivity contribution < 1.29 is 23.7 Å². The van der Waals surface area contributed by atoms with Crippen LogP contribution in [-0.4, -0.2) is 33.3 Å². The molecule has 1 N–H and O–H groups in total. The summed E-state index contributed by atoms with van der Waals surface area (Å²) in [5.74, 6) is 1.60. The second kappa shape index (κ2) is 12.2. The Labute approximate surface area is 203 Å². The number of halogens is 1. The Morgan fingerprint density at radius 1 is 0.971 bits per heavy atom. The third-order valence-corrected chi connectivity index (χ3v) is 4.90. The molecule has 3 aromatic carbocycles. The van der Waals surface area contributed by atoms with Crippen LogP contribution in [0.4, 0.5) is 5.69 Å². The quantitative estimate of drug-likeness (QED) is 0.239. The van der Waals surface area contributed by atoms with Crippen molar-refractivity contribution in [2.75, 3.05) is 32.8 Å². The molecule has 0 bridgehead atoms. The van der Waals surface area contributed by atoms with Gasteiger partial charge in [-0.3, -0.25) is 4.79 Å². The lowest BCUT2D eigenvalue weighted by Gasteiger charge is -2.14. The summed E-state index contributed by atoms with van der Waals surface area (Å²) < 4.78 is 21.9. The maximum Gasteiger partial charge on any atom is 0.266 e. The van der Waals surface area contributed by atoms with Gasteiger partial charge in [-0.15, -0.1) is 0 Å². The van der Waals surface area contributed by atoms with Gasteiger partial charge in [0, 0.05) is 5.69 Å². The highest BCUT2D eigenvalue weighted by molar-refractivity contribution is 6.32. The Kier molecular flexibility index (Phi) is 8.78. The van der Waals surface area contributed by atoms with Gasteiger partial charge in [-0.25, -0.2) is 0 Å². The number of nitrogens with zero attached hydrogens (tertiary/aromatic N) is 1. The molecule has 0 fully saturated rings. The van der Waals surface area contributed by atoms with E-state index in [4.69, 9.17) is 30.5 Å². The van der Waals surface area contributed by atoms with Gasteiger partial charge in [0.2, 0.25) is 0 Å². The van der Waals surface area contributed by atoms with Gasteiger partial charge in [-0.2, -0.15) is 5.26 Å². The smallest absolute Gasteiger partial charge is 0.266 e. The molecule has 0 unspecified atom stereocenters. The first-order valence-corrected chi connectivity index (χ1v) is 10.7. The molecule has 8 heteroatoms. The lowest BCUT2D eigenvalue weighted by Crippen LogP contribution is -2.13. The molecule has 0 saturated heterocycles. The van der Waals surface area contributed by atoms with E-state index >= 15 is 0 Å². The SMILES string of the molecule is COc1ccc(OCCOc2c(Cl)cc(/C=C(\C#N)C(=O)Nc3ccccc3)cc2OC)cc1. The van der Waals surface area contributed by atoms with Crippen molar-refractivity contribution in [2.45, 2.75) is 0 Å². The minimum Gasteiger partial charge on any atom is -0.497 e. The van der Waals surface area contributed by atoms with Crippen molar-refractivity contribution in [3.05, 3.63) is 82.9 Å². The van der Waals surface area contributed by atoms with Crippen molar-refractivity contribution in [1.29, 1.82) is 5.26 Å². The summed E-state index contributed by atoms with van der Waals surface area (Å²) in [6.07, 6.45) is 1.43. The number of anilines is 1. The highest BCUT2D eigenvalue weighted by Gasteiger charge is 2.14.